The molecule has 0 aliphatic carbocycles. The molecule has 0 unspecified atom stereocenters. The Morgan fingerprint density at radius 1 is 1.30 bits per heavy atom. The normalized spacial score (nSPS) is 14.1. The van der Waals surface area contributed by atoms with Gasteiger partial charge in [0.1, 0.15) is 5.69 Å². The Balaban J connectivity index is 1.67. The lowest BCUT2D eigenvalue weighted by atomic mass is 10.0. The number of nitrogens with zero attached hydrogens (tertiary/aromatic N) is 5. The zero-order valence-corrected chi connectivity index (χ0v) is 13.2. The van der Waals surface area contributed by atoms with Crippen molar-refractivity contribution in [1.82, 2.24) is 24.6 Å². The lowest BCUT2D eigenvalue weighted by molar-refractivity contribution is 0.0722. The summed E-state index contributed by atoms with van der Waals surface area (Å²) >= 11 is 0. The van der Waals surface area contributed by atoms with Crippen LogP contribution in [0.4, 0.5) is 0 Å². The first kappa shape index (κ1) is 13.9. The van der Waals surface area contributed by atoms with Crippen LogP contribution in [0.2, 0.25) is 0 Å². The predicted octanol–water partition coefficient (Wildman–Crippen LogP) is 1.87. The molecule has 1 amide bonds. The molecule has 0 bridgehead atoms. The first-order valence-electron chi connectivity index (χ1n) is 7.65. The third kappa shape index (κ3) is 2.36. The lowest BCUT2D eigenvalue weighted by Gasteiger charge is -2.28. The molecule has 116 valence electrons. The monoisotopic (exact) mass is 307 g/mol. The molecule has 0 aromatic carbocycles. The Kier molecular flexibility index (Phi) is 3.11. The highest BCUT2D eigenvalue weighted by Crippen LogP contribution is 2.22. The van der Waals surface area contributed by atoms with E-state index >= 15 is 0 Å². The number of pyridine rings is 2. The molecular formula is C17H17N5O. The van der Waals surface area contributed by atoms with Crippen molar-refractivity contribution in [3.8, 4) is 0 Å². The van der Waals surface area contributed by atoms with Gasteiger partial charge in [-0.15, -0.1) is 0 Å². The maximum absolute atomic E-state index is 12.7. The van der Waals surface area contributed by atoms with Crippen molar-refractivity contribution in [2.24, 2.45) is 7.05 Å². The number of carbonyl (C=O) groups excluding carboxylic acids is 1. The number of aryl methyl sites for hydroxylation is 2. The molecule has 0 N–H and O–H groups in total. The highest BCUT2D eigenvalue weighted by molar-refractivity contribution is 5.93. The highest BCUT2D eigenvalue weighted by Gasteiger charge is 2.25. The van der Waals surface area contributed by atoms with Gasteiger partial charge in [0.15, 0.2) is 5.65 Å². The largest absolute Gasteiger partial charge is 0.333 e. The topological polar surface area (TPSA) is 63.9 Å². The maximum atomic E-state index is 12.7. The zero-order valence-electron chi connectivity index (χ0n) is 13.2. The van der Waals surface area contributed by atoms with Gasteiger partial charge in [0.25, 0.3) is 5.91 Å². The van der Waals surface area contributed by atoms with E-state index in [0.29, 0.717) is 18.8 Å². The molecule has 0 saturated heterocycles. The summed E-state index contributed by atoms with van der Waals surface area (Å²) in [7, 11) is 1.80. The van der Waals surface area contributed by atoms with Crippen LogP contribution in [0.5, 0.6) is 0 Å². The summed E-state index contributed by atoms with van der Waals surface area (Å²) in [5.41, 5.74) is 4.40. The molecule has 6 nitrogen and oxygen atoms in total. The van der Waals surface area contributed by atoms with Crippen molar-refractivity contribution in [3.63, 3.8) is 0 Å². The average molecular weight is 307 g/mol. The van der Waals surface area contributed by atoms with Crippen molar-refractivity contribution in [1.29, 1.82) is 0 Å². The first-order chi connectivity index (χ1) is 11.1. The molecule has 0 spiro atoms. The summed E-state index contributed by atoms with van der Waals surface area (Å²) in [5.74, 6) is 0.0185. The molecule has 0 saturated carbocycles. The molecule has 6 heteroatoms. The SMILES string of the molecule is Cc1cc(C(=O)N2CCc3nc4ncccc4cc3C2)n(C)n1. The highest BCUT2D eigenvalue weighted by atomic mass is 16.2. The van der Waals surface area contributed by atoms with Crippen LogP contribution in [0, 0.1) is 6.92 Å². The Bertz CT molecular complexity index is 914. The van der Waals surface area contributed by atoms with Gasteiger partial charge in [-0.05, 0) is 36.8 Å². The quantitative estimate of drug-likeness (QED) is 0.688. The molecule has 0 radical (unpaired) electrons. The number of carbonyl (C=O) groups is 1. The van der Waals surface area contributed by atoms with E-state index in [0.717, 1.165) is 34.4 Å². The van der Waals surface area contributed by atoms with E-state index < -0.39 is 0 Å². The average Bonchev–Trinajstić information content (AvgIpc) is 2.90. The van der Waals surface area contributed by atoms with Gasteiger partial charge in [-0.1, -0.05) is 0 Å². The minimum Gasteiger partial charge on any atom is -0.333 e. The van der Waals surface area contributed by atoms with Crippen molar-refractivity contribution in [2.45, 2.75) is 19.9 Å². The van der Waals surface area contributed by atoms with E-state index in [1.165, 1.54) is 0 Å². The number of amides is 1. The summed E-state index contributed by atoms with van der Waals surface area (Å²) in [6.45, 7) is 3.14. The molecule has 4 rings (SSSR count). The number of hydrogen-bond donors (Lipinski definition) is 0. The Hall–Kier alpha value is -2.76. The Morgan fingerprint density at radius 2 is 2.17 bits per heavy atom. The summed E-state index contributed by atoms with van der Waals surface area (Å²) < 4.78 is 1.65. The van der Waals surface area contributed by atoms with Crippen molar-refractivity contribution < 1.29 is 4.79 Å². The minimum atomic E-state index is 0.0185. The van der Waals surface area contributed by atoms with Crippen LogP contribution in [0.1, 0.15) is 27.4 Å². The third-order valence-corrected chi connectivity index (χ3v) is 4.25. The van der Waals surface area contributed by atoms with E-state index in [4.69, 9.17) is 0 Å². The number of rotatable bonds is 1. The van der Waals surface area contributed by atoms with Crippen LogP contribution in [0.15, 0.2) is 30.5 Å². The second-order valence-corrected chi connectivity index (χ2v) is 5.92. The number of aromatic nitrogens is 4. The van der Waals surface area contributed by atoms with E-state index in [-0.39, 0.29) is 5.91 Å². The van der Waals surface area contributed by atoms with Gasteiger partial charge in [-0.25, -0.2) is 9.97 Å². The van der Waals surface area contributed by atoms with E-state index in [1.54, 1.807) is 17.9 Å². The second kappa shape index (κ2) is 5.15. The molecular weight excluding hydrogens is 290 g/mol. The fourth-order valence-electron chi connectivity index (χ4n) is 3.11. The van der Waals surface area contributed by atoms with Crippen LogP contribution in [-0.2, 0) is 20.0 Å². The second-order valence-electron chi connectivity index (χ2n) is 5.92. The van der Waals surface area contributed by atoms with Crippen molar-refractivity contribution >= 4 is 16.9 Å². The van der Waals surface area contributed by atoms with Crippen LogP contribution >= 0.6 is 0 Å². The zero-order chi connectivity index (χ0) is 16.0. The van der Waals surface area contributed by atoms with Crippen molar-refractivity contribution in [2.75, 3.05) is 6.54 Å². The molecule has 0 atom stereocenters. The number of hydrogen-bond acceptors (Lipinski definition) is 4. The van der Waals surface area contributed by atoms with E-state index in [1.807, 2.05) is 30.0 Å². The van der Waals surface area contributed by atoms with Crippen LogP contribution in [0.3, 0.4) is 0 Å². The maximum Gasteiger partial charge on any atom is 0.272 e. The van der Waals surface area contributed by atoms with Gasteiger partial charge in [0, 0.05) is 43.8 Å². The molecule has 1 aliphatic heterocycles. The van der Waals surface area contributed by atoms with Crippen LogP contribution in [0.25, 0.3) is 11.0 Å². The fraction of sp³-hybridized carbons (Fsp3) is 0.294. The third-order valence-electron chi connectivity index (χ3n) is 4.25. The standard InChI is InChI=1S/C17H17N5O/c1-11-8-15(21(2)20-11)17(23)22-7-5-14-13(10-22)9-12-4-3-6-18-16(12)19-14/h3-4,6,8-9H,5,7,10H2,1-2H3. The van der Waals surface area contributed by atoms with Gasteiger partial charge in [-0.3, -0.25) is 9.48 Å². The molecule has 0 fully saturated rings. The van der Waals surface area contributed by atoms with Crippen LogP contribution < -0.4 is 0 Å². The summed E-state index contributed by atoms with van der Waals surface area (Å²) in [5, 5.41) is 5.27. The molecule has 1 aliphatic rings. The molecule has 3 aromatic rings. The Morgan fingerprint density at radius 3 is 2.96 bits per heavy atom. The first-order valence-corrected chi connectivity index (χ1v) is 7.65. The summed E-state index contributed by atoms with van der Waals surface area (Å²) in [6, 6.07) is 7.83. The van der Waals surface area contributed by atoms with Gasteiger partial charge in [0.05, 0.1) is 5.69 Å². The van der Waals surface area contributed by atoms with Gasteiger partial charge < -0.3 is 4.90 Å². The predicted molar refractivity (Wildman–Crippen MR) is 85.9 cm³/mol. The van der Waals surface area contributed by atoms with Gasteiger partial charge >= 0.3 is 0 Å². The molecule has 23 heavy (non-hydrogen) atoms. The van der Waals surface area contributed by atoms with Crippen LogP contribution in [-0.4, -0.2) is 37.1 Å². The minimum absolute atomic E-state index is 0.0185. The number of fused-ring (bicyclic) bond motifs is 2. The molecule has 4 heterocycles. The van der Waals surface area contributed by atoms with Gasteiger partial charge in [-0.2, -0.15) is 5.10 Å². The Labute approximate surface area is 133 Å². The fourth-order valence-corrected chi connectivity index (χ4v) is 3.11. The van der Waals surface area contributed by atoms with Crippen molar-refractivity contribution in [3.05, 3.63) is 53.1 Å². The summed E-state index contributed by atoms with van der Waals surface area (Å²) in [6.07, 6.45) is 2.51. The summed E-state index contributed by atoms with van der Waals surface area (Å²) in [4.78, 5) is 23.5. The van der Waals surface area contributed by atoms with E-state index in [9.17, 15) is 4.79 Å². The smallest absolute Gasteiger partial charge is 0.272 e. The van der Waals surface area contributed by atoms with E-state index in [2.05, 4.69) is 21.1 Å². The lowest BCUT2D eigenvalue weighted by Crippen LogP contribution is -2.37. The molecule has 3 aromatic heterocycles. The van der Waals surface area contributed by atoms with Gasteiger partial charge in [0.2, 0.25) is 0 Å².